The second kappa shape index (κ2) is 20.1. The van der Waals surface area contributed by atoms with Crippen molar-refractivity contribution in [3.8, 4) is 22.3 Å². The van der Waals surface area contributed by atoms with Crippen LogP contribution in [-0.4, -0.2) is 33.3 Å². The van der Waals surface area contributed by atoms with Gasteiger partial charge >= 0.3 is 30.2 Å². The van der Waals surface area contributed by atoms with Gasteiger partial charge < -0.3 is 24.3 Å². The number of hydrogen-bond acceptors (Lipinski definition) is 2. The first-order valence-electron chi connectivity index (χ1n) is 18.7. The number of fused-ring (bicyclic) bond motifs is 2. The summed E-state index contributed by atoms with van der Waals surface area (Å²) in [6, 6.07) is 40.6. The van der Waals surface area contributed by atoms with Crippen molar-refractivity contribution >= 4 is 53.2 Å². The number of hydrogen-bond donors (Lipinski definition) is 0. The fourth-order valence-corrected chi connectivity index (χ4v) is 8.10. The molecular formula is C50H62Cl2O2SiZr-4. The second-order valence-corrected chi connectivity index (χ2v) is 17.9. The van der Waals surface area contributed by atoms with E-state index in [1.54, 1.807) is 0 Å². The molecule has 0 aliphatic carbocycles. The van der Waals surface area contributed by atoms with Gasteiger partial charge in [-0.15, -0.1) is 93.9 Å². The molecule has 0 aromatic heterocycles. The third kappa shape index (κ3) is 11.0. The van der Waals surface area contributed by atoms with Gasteiger partial charge in [-0.05, 0) is 45.9 Å². The van der Waals surface area contributed by atoms with Crippen molar-refractivity contribution < 1.29 is 32.8 Å². The Bertz CT molecular complexity index is 2000. The van der Waals surface area contributed by atoms with Crippen LogP contribution in [0.4, 0.5) is 0 Å². The molecule has 6 heteroatoms. The van der Waals surface area contributed by atoms with Gasteiger partial charge in [0.2, 0.25) is 0 Å². The molecule has 2 aliphatic rings. The molecule has 0 spiro atoms. The van der Waals surface area contributed by atoms with Crippen molar-refractivity contribution in [3.63, 3.8) is 0 Å². The summed E-state index contributed by atoms with van der Waals surface area (Å²) in [6.07, 6.45) is 2.20. The number of benzene rings is 4. The van der Waals surface area contributed by atoms with E-state index < -0.39 is 0 Å². The van der Waals surface area contributed by atoms with E-state index in [4.69, 9.17) is 9.47 Å². The summed E-state index contributed by atoms with van der Waals surface area (Å²) in [6.45, 7) is 25.0. The van der Waals surface area contributed by atoms with Crippen molar-refractivity contribution in [2.24, 2.45) is 10.8 Å². The SMILES string of the molecule is CC1(Cc2cc3c(-c4ccccc4C(C)(C)C)cccc3[cH-]2)COC1.CC1(Cc2cc3c(-c4ccccc4C(C)(C)C)cccc3[cH-]2)COC1.Cl.Cl.[CH3-].[CH3-].[Si]=[Zr]. The molecule has 6 aromatic rings. The summed E-state index contributed by atoms with van der Waals surface area (Å²) in [5.74, 6) is 0. The van der Waals surface area contributed by atoms with Crippen LogP contribution in [0, 0.1) is 25.7 Å². The normalized spacial score (nSPS) is 15.1. The maximum absolute atomic E-state index is 5.43. The zero-order valence-electron chi connectivity index (χ0n) is 35.3. The van der Waals surface area contributed by atoms with E-state index in [0.29, 0.717) is 10.8 Å². The van der Waals surface area contributed by atoms with Gasteiger partial charge in [-0.1, -0.05) is 127 Å². The number of rotatable bonds is 6. The summed E-state index contributed by atoms with van der Waals surface area (Å²) in [4.78, 5) is 0. The van der Waals surface area contributed by atoms with Gasteiger partial charge in [0.05, 0.1) is 26.4 Å². The van der Waals surface area contributed by atoms with Gasteiger partial charge in [0.25, 0.3) is 0 Å². The molecular weight excluding hydrogens is 823 g/mol. The molecule has 0 amide bonds. The van der Waals surface area contributed by atoms with Crippen molar-refractivity contribution in [1.29, 1.82) is 0 Å². The van der Waals surface area contributed by atoms with Crippen LogP contribution in [0.15, 0.2) is 109 Å². The molecule has 8 rings (SSSR count). The molecule has 2 nitrogen and oxygen atoms in total. The van der Waals surface area contributed by atoms with Crippen molar-refractivity contribution in [2.75, 3.05) is 26.4 Å². The van der Waals surface area contributed by atoms with Crippen molar-refractivity contribution in [2.45, 2.75) is 79.1 Å². The molecule has 2 aliphatic heterocycles. The van der Waals surface area contributed by atoms with Gasteiger partial charge in [0, 0.05) is 10.8 Å². The van der Waals surface area contributed by atoms with Gasteiger partial charge in [-0.3, -0.25) is 0 Å². The van der Waals surface area contributed by atoms with Crippen LogP contribution < -0.4 is 0 Å². The molecule has 0 unspecified atom stereocenters. The summed E-state index contributed by atoms with van der Waals surface area (Å²) < 4.78 is 10.9. The molecule has 0 N–H and O–H groups in total. The van der Waals surface area contributed by atoms with Crippen LogP contribution in [0.25, 0.3) is 43.8 Å². The Morgan fingerprint density at radius 3 is 1.16 bits per heavy atom. The summed E-state index contributed by atoms with van der Waals surface area (Å²) in [5, 5.41) is 5.44. The Labute approximate surface area is 368 Å². The third-order valence-corrected chi connectivity index (χ3v) is 10.7. The topological polar surface area (TPSA) is 18.5 Å². The summed E-state index contributed by atoms with van der Waals surface area (Å²) in [7, 11) is 0. The molecule has 0 saturated carbocycles. The molecule has 6 aromatic carbocycles. The quantitative estimate of drug-likeness (QED) is 0.123. The van der Waals surface area contributed by atoms with Crippen molar-refractivity contribution in [1.82, 2.24) is 0 Å². The van der Waals surface area contributed by atoms with Gasteiger partial charge in [0.1, 0.15) is 0 Å². The third-order valence-electron chi connectivity index (χ3n) is 10.7. The van der Waals surface area contributed by atoms with Gasteiger partial charge in [-0.2, -0.15) is 12.1 Å². The van der Waals surface area contributed by atoms with Crippen LogP contribution in [0.3, 0.4) is 0 Å². The fourth-order valence-electron chi connectivity index (χ4n) is 8.10. The monoisotopic (exact) mass is 882 g/mol. The van der Waals surface area contributed by atoms with Gasteiger partial charge in [0.15, 0.2) is 0 Å². The van der Waals surface area contributed by atoms with E-state index in [9.17, 15) is 0 Å². The van der Waals surface area contributed by atoms with E-state index in [0.717, 1.165) is 39.3 Å². The van der Waals surface area contributed by atoms with Crippen LogP contribution >= 0.6 is 24.8 Å². The molecule has 2 fully saturated rings. The van der Waals surface area contributed by atoms with E-state index in [2.05, 4.69) is 171 Å². The van der Waals surface area contributed by atoms with Crippen LogP contribution in [-0.2, 0) is 56.5 Å². The molecule has 2 heterocycles. The Morgan fingerprint density at radius 2 is 0.857 bits per heavy atom. The van der Waals surface area contributed by atoms with Crippen LogP contribution in [0.1, 0.15) is 77.6 Å². The van der Waals surface area contributed by atoms with E-state index in [1.807, 2.05) is 0 Å². The molecule has 0 bridgehead atoms. The predicted molar refractivity (Wildman–Crippen MR) is 246 cm³/mol. The van der Waals surface area contributed by atoms with E-state index in [-0.39, 0.29) is 50.5 Å². The molecule has 56 heavy (non-hydrogen) atoms. The van der Waals surface area contributed by atoms with Gasteiger partial charge in [-0.25, -0.2) is 0 Å². The average Bonchev–Trinajstić information content (AvgIpc) is 3.70. The Kier molecular flexibility index (Phi) is 17.9. The second-order valence-electron chi connectivity index (χ2n) is 17.9. The summed E-state index contributed by atoms with van der Waals surface area (Å²) in [5.41, 5.74) is 12.0. The Balaban J connectivity index is 0.000000347. The molecule has 2 saturated heterocycles. The molecule has 300 valence electrons. The van der Waals surface area contributed by atoms with Crippen LogP contribution in [0.5, 0.6) is 0 Å². The predicted octanol–water partition coefficient (Wildman–Crippen LogP) is 13.6. The zero-order chi connectivity index (χ0) is 37.3. The summed E-state index contributed by atoms with van der Waals surface area (Å²) >= 11 is 1.36. The first-order valence-corrected chi connectivity index (χ1v) is 22.9. The Hall–Kier alpha value is -2.30. The minimum atomic E-state index is 0. The van der Waals surface area contributed by atoms with Crippen LogP contribution in [0.2, 0.25) is 0 Å². The number of ether oxygens (including phenoxy) is 2. The average molecular weight is 885 g/mol. The first-order chi connectivity index (χ1) is 24.7. The standard InChI is InChI=1S/2C24H27O.2CH3.2ClH.Si.Zr/c2*1-23(2,3)22-11-6-5-9-20(22)19-10-7-8-18-12-17(13-21(18)19)14-24(4)15-25-16-24;;;;;;/h2*5-13H,14-16H2,1-4H3;2*1H3;2*1H;;/q4*-1;;;;. The first kappa shape index (κ1) is 49.8. The fraction of sp³-hybridized carbons (Fsp3) is 0.360. The molecule has 0 atom stereocenters. The minimum absolute atomic E-state index is 0. The van der Waals surface area contributed by atoms with E-state index in [1.165, 1.54) is 89.4 Å². The zero-order valence-corrected chi connectivity index (χ0v) is 40.4. The van der Waals surface area contributed by atoms with Crippen molar-refractivity contribution in [3.05, 3.63) is 146 Å². The Morgan fingerprint density at radius 1 is 0.536 bits per heavy atom. The number of halogens is 2. The maximum atomic E-state index is 5.43. The molecule has 2 radical (unpaired) electrons. The van der Waals surface area contributed by atoms with E-state index >= 15 is 0 Å².